The quantitative estimate of drug-likeness (QED) is 0.879. The maximum atomic E-state index is 6.09. The first-order valence-corrected chi connectivity index (χ1v) is 7.14. The van der Waals surface area contributed by atoms with Gasteiger partial charge in [0.2, 0.25) is 5.88 Å². The van der Waals surface area contributed by atoms with Gasteiger partial charge in [0.15, 0.2) is 5.82 Å². The molecule has 2 aromatic rings. The Morgan fingerprint density at radius 2 is 2.21 bits per heavy atom. The van der Waals surface area contributed by atoms with Crippen molar-refractivity contribution in [1.29, 1.82) is 0 Å². The van der Waals surface area contributed by atoms with Gasteiger partial charge in [-0.2, -0.15) is 4.98 Å². The fraction of sp³-hybridized carbons (Fsp3) is 0.385. The fourth-order valence-corrected chi connectivity index (χ4v) is 2.52. The summed E-state index contributed by atoms with van der Waals surface area (Å²) in [6.45, 7) is 6.14. The van der Waals surface area contributed by atoms with Crippen LogP contribution in [0.25, 0.3) is 0 Å². The van der Waals surface area contributed by atoms with Crippen molar-refractivity contribution >= 4 is 22.8 Å². The number of aromatic nitrogens is 2. The highest BCUT2D eigenvalue weighted by Gasteiger charge is 2.15. The van der Waals surface area contributed by atoms with E-state index in [2.05, 4.69) is 33.2 Å². The third-order valence-corrected chi connectivity index (χ3v) is 3.58. The molecule has 6 heteroatoms. The third kappa shape index (κ3) is 3.14. The fourth-order valence-electron chi connectivity index (χ4n) is 1.80. The number of nitrogens with two attached hydrogens (primary N) is 1. The number of nitrogens with zero attached hydrogens (tertiary/aromatic N) is 3. The molecule has 0 aliphatic heterocycles. The number of hydrogen-bond donors (Lipinski definition) is 1. The number of hydrogen-bond acceptors (Lipinski definition) is 6. The van der Waals surface area contributed by atoms with Crippen LogP contribution in [0.1, 0.15) is 18.7 Å². The number of ether oxygens (including phenoxy) is 1. The zero-order chi connectivity index (χ0) is 13.7. The minimum atomic E-state index is 0.456. The molecule has 19 heavy (non-hydrogen) atoms. The molecule has 5 nitrogen and oxygen atoms in total. The van der Waals surface area contributed by atoms with Crippen LogP contribution in [-0.4, -0.2) is 23.1 Å². The van der Waals surface area contributed by atoms with Gasteiger partial charge in [-0.15, -0.1) is 11.3 Å². The van der Waals surface area contributed by atoms with Crippen LogP contribution in [0.4, 0.5) is 11.5 Å². The minimum Gasteiger partial charge on any atom is -0.476 e. The monoisotopic (exact) mass is 278 g/mol. The predicted molar refractivity (Wildman–Crippen MR) is 78.7 cm³/mol. The number of nitrogen functional groups attached to an aromatic ring is 1. The van der Waals surface area contributed by atoms with Gasteiger partial charge in [0.25, 0.3) is 0 Å². The molecular formula is C13H18N4OS. The Morgan fingerprint density at radius 3 is 2.84 bits per heavy atom. The average Bonchev–Trinajstić information content (AvgIpc) is 2.92. The highest BCUT2D eigenvalue weighted by atomic mass is 32.1. The van der Waals surface area contributed by atoms with Gasteiger partial charge in [-0.3, -0.25) is 0 Å². The van der Waals surface area contributed by atoms with Crippen LogP contribution in [0.3, 0.4) is 0 Å². The van der Waals surface area contributed by atoms with E-state index in [1.165, 1.54) is 11.2 Å². The highest BCUT2D eigenvalue weighted by Crippen LogP contribution is 2.29. The molecule has 2 heterocycles. The van der Waals surface area contributed by atoms with Gasteiger partial charge in [0, 0.05) is 11.4 Å². The molecule has 0 spiro atoms. The van der Waals surface area contributed by atoms with E-state index in [9.17, 15) is 0 Å². The summed E-state index contributed by atoms with van der Waals surface area (Å²) in [5.41, 5.74) is 6.59. The molecule has 0 saturated carbocycles. The van der Waals surface area contributed by atoms with Crippen LogP contribution >= 0.6 is 11.3 Å². The van der Waals surface area contributed by atoms with Crippen LogP contribution in [0, 0.1) is 0 Å². The lowest BCUT2D eigenvalue weighted by atomic mass is 10.3. The Hall–Kier alpha value is -1.82. The van der Waals surface area contributed by atoms with Gasteiger partial charge in [0.1, 0.15) is 12.0 Å². The lowest BCUT2D eigenvalue weighted by Gasteiger charge is -2.23. The minimum absolute atomic E-state index is 0.456. The van der Waals surface area contributed by atoms with Crippen molar-refractivity contribution < 1.29 is 4.74 Å². The van der Waals surface area contributed by atoms with Crippen molar-refractivity contribution in [3.8, 4) is 5.88 Å². The lowest BCUT2D eigenvalue weighted by molar-refractivity contribution is 0.328. The molecule has 0 unspecified atom stereocenters. The normalized spacial score (nSPS) is 10.4. The van der Waals surface area contributed by atoms with E-state index in [1.807, 2.05) is 13.0 Å². The largest absolute Gasteiger partial charge is 0.476 e. The smallest absolute Gasteiger partial charge is 0.242 e. The van der Waals surface area contributed by atoms with Gasteiger partial charge in [-0.1, -0.05) is 6.07 Å². The van der Waals surface area contributed by atoms with Gasteiger partial charge >= 0.3 is 0 Å². The number of anilines is 2. The van der Waals surface area contributed by atoms with E-state index in [0.717, 1.165) is 18.9 Å². The van der Waals surface area contributed by atoms with E-state index in [4.69, 9.17) is 10.5 Å². The number of rotatable bonds is 6. The van der Waals surface area contributed by atoms with Crippen molar-refractivity contribution in [2.24, 2.45) is 0 Å². The van der Waals surface area contributed by atoms with Crippen molar-refractivity contribution in [2.45, 2.75) is 20.4 Å². The molecule has 0 atom stereocenters. The Morgan fingerprint density at radius 1 is 1.37 bits per heavy atom. The Kier molecular flexibility index (Phi) is 4.57. The van der Waals surface area contributed by atoms with Crippen molar-refractivity contribution in [2.75, 3.05) is 23.8 Å². The summed E-state index contributed by atoms with van der Waals surface area (Å²) < 4.78 is 5.41. The molecule has 0 aliphatic carbocycles. The van der Waals surface area contributed by atoms with Crippen LogP contribution in [-0.2, 0) is 6.54 Å². The van der Waals surface area contributed by atoms with Crippen molar-refractivity contribution in [3.63, 3.8) is 0 Å². The SMILES string of the molecule is CCOc1ncnc(N(CC)Cc2cccs2)c1N. The standard InChI is InChI=1S/C13H18N4OS/c1-3-17(8-10-6-5-7-19-10)12-11(14)13(18-4-2)16-9-15-12/h5-7,9H,3-4,8,14H2,1-2H3. The van der Waals surface area contributed by atoms with Crippen LogP contribution < -0.4 is 15.4 Å². The summed E-state index contributed by atoms with van der Waals surface area (Å²) in [6, 6.07) is 4.15. The maximum absolute atomic E-state index is 6.09. The topological polar surface area (TPSA) is 64.3 Å². The maximum Gasteiger partial charge on any atom is 0.242 e. The zero-order valence-corrected chi connectivity index (χ0v) is 12.0. The molecule has 102 valence electrons. The molecule has 0 radical (unpaired) electrons. The van der Waals surface area contributed by atoms with E-state index in [1.54, 1.807) is 11.3 Å². The van der Waals surface area contributed by atoms with E-state index < -0.39 is 0 Å². The molecule has 0 fully saturated rings. The van der Waals surface area contributed by atoms with Gasteiger partial charge in [0.05, 0.1) is 13.2 Å². The average molecular weight is 278 g/mol. The Balaban J connectivity index is 2.25. The van der Waals surface area contributed by atoms with Crippen molar-refractivity contribution in [3.05, 3.63) is 28.7 Å². The van der Waals surface area contributed by atoms with E-state index in [0.29, 0.717) is 18.2 Å². The lowest BCUT2D eigenvalue weighted by Crippen LogP contribution is -2.24. The first kappa shape index (κ1) is 13.6. The third-order valence-electron chi connectivity index (χ3n) is 2.72. The highest BCUT2D eigenvalue weighted by molar-refractivity contribution is 7.09. The second-order valence-corrected chi connectivity index (χ2v) is 4.97. The zero-order valence-electron chi connectivity index (χ0n) is 11.2. The molecule has 0 aromatic carbocycles. The predicted octanol–water partition coefficient (Wildman–Crippen LogP) is 2.55. The molecule has 2 rings (SSSR count). The summed E-state index contributed by atoms with van der Waals surface area (Å²) in [6.07, 6.45) is 1.49. The molecule has 0 amide bonds. The second-order valence-electron chi connectivity index (χ2n) is 3.94. The molecule has 2 aromatic heterocycles. The molecule has 0 bridgehead atoms. The summed E-state index contributed by atoms with van der Waals surface area (Å²) in [7, 11) is 0. The van der Waals surface area contributed by atoms with E-state index in [-0.39, 0.29) is 0 Å². The number of thiophene rings is 1. The molecule has 0 saturated heterocycles. The summed E-state index contributed by atoms with van der Waals surface area (Å²) in [5, 5.41) is 2.07. The van der Waals surface area contributed by atoms with Crippen LogP contribution in [0.15, 0.2) is 23.8 Å². The van der Waals surface area contributed by atoms with Crippen LogP contribution in [0.2, 0.25) is 0 Å². The van der Waals surface area contributed by atoms with E-state index >= 15 is 0 Å². The van der Waals surface area contributed by atoms with Gasteiger partial charge < -0.3 is 15.4 Å². The Labute approximate surface area is 117 Å². The molecule has 0 aliphatic rings. The molecule has 2 N–H and O–H groups in total. The first-order valence-electron chi connectivity index (χ1n) is 6.26. The second kappa shape index (κ2) is 6.38. The Bertz CT molecular complexity index is 515. The van der Waals surface area contributed by atoms with Crippen molar-refractivity contribution in [1.82, 2.24) is 9.97 Å². The summed E-state index contributed by atoms with van der Waals surface area (Å²) in [5.74, 6) is 1.19. The summed E-state index contributed by atoms with van der Waals surface area (Å²) >= 11 is 1.72. The molecular weight excluding hydrogens is 260 g/mol. The van der Waals surface area contributed by atoms with Gasteiger partial charge in [-0.05, 0) is 25.3 Å². The van der Waals surface area contributed by atoms with Crippen LogP contribution in [0.5, 0.6) is 5.88 Å². The van der Waals surface area contributed by atoms with Gasteiger partial charge in [-0.25, -0.2) is 4.98 Å². The first-order chi connectivity index (χ1) is 9.26. The summed E-state index contributed by atoms with van der Waals surface area (Å²) in [4.78, 5) is 11.7.